The van der Waals surface area contributed by atoms with Gasteiger partial charge in [0.2, 0.25) is 0 Å². The number of hydrogen-bond donors (Lipinski definition) is 2. The van der Waals surface area contributed by atoms with E-state index in [9.17, 15) is 24.6 Å². The van der Waals surface area contributed by atoms with Gasteiger partial charge in [0.05, 0.1) is 30.8 Å². The van der Waals surface area contributed by atoms with E-state index in [1.165, 1.54) is 6.92 Å². The first-order chi connectivity index (χ1) is 14.2. The lowest BCUT2D eigenvalue weighted by Gasteiger charge is -2.29. The van der Waals surface area contributed by atoms with Crippen LogP contribution in [0.1, 0.15) is 26.2 Å². The lowest BCUT2D eigenvalue weighted by Crippen LogP contribution is -2.40. The molecule has 164 valence electrons. The van der Waals surface area contributed by atoms with Crippen LogP contribution in [-0.2, 0) is 33.3 Å². The third kappa shape index (κ3) is 4.48. The molecule has 2 N–H and O–H groups in total. The van der Waals surface area contributed by atoms with Gasteiger partial charge in [-0.1, -0.05) is 13.2 Å². The highest BCUT2D eigenvalue weighted by Crippen LogP contribution is 2.48. The van der Waals surface area contributed by atoms with Crippen LogP contribution in [0.5, 0.6) is 0 Å². The second-order valence-corrected chi connectivity index (χ2v) is 7.80. The number of rotatable bonds is 6. The maximum Gasteiger partial charge on any atom is 0.336 e. The van der Waals surface area contributed by atoms with Crippen LogP contribution in [0.2, 0.25) is 0 Å². The van der Waals surface area contributed by atoms with E-state index in [2.05, 4.69) is 13.2 Å². The number of carbonyl (C=O) groups is 3. The number of carbonyl (C=O) groups excluding carboxylic acids is 3. The van der Waals surface area contributed by atoms with Crippen molar-refractivity contribution in [2.24, 2.45) is 5.92 Å². The Morgan fingerprint density at radius 3 is 2.73 bits per heavy atom. The van der Waals surface area contributed by atoms with E-state index in [1.54, 1.807) is 6.08 Å². The van der Waals surface area contributed by atoms with Crippen molar-refractivity contribution < 1.29 is 43.5 Å². The van der Waals surface area contributed by atoms with Crippen molar-refractivity contribution in [2.45, 2.75) is 50.1 Å². The molecular formula is C21H26O9. The van der Waals surface area contributed by atoms with Crippen LogP contribution in [0.25, 0.3) is 0 Å². The quantitative estimate of drug-likeness (QED) is 0.205. The van der Waals surface area contributed by atoms with Crippen LogP contribution in [0.4, 0.5) is 0 Å². The average molecular weight is 422 g/mol. The van der Waals surface area contributed by atoms with E-state index in [-0.39, 0.29) is 36.9 Å². The number of fused-ring (bicyclic) bond motifs is 2. The van der Waals surface area contributed by atoms with E-state index in [0.717, 1.165) is 0 Å². The number of esters is 3. The van der Waals surface area contributed by atoms with E-state index in [0.29, 0.717) is 18.4 Å². The van der Waals surface area contributed by atoms with E-state index >= 15 is 0 Å². The summed E-state index contributed by atoms with van der Waals surface area (Å²) in [5, 5.41) is 18.9. The summed E-state index contributed by atoms with van der Waals surface area (Å²) in [6, 6.07) is 0. The highest BCUT2D eigenvalue weighted by Gasteiger charge is 2.60. The van der Waals surface area contributed by atoms with Crippen LogP contribution >= 0.6 is 0 Å². The molecule has 0 spiro atoms. The van der Waals surface area contributed by atoms with Gasteiger partial charge in [0, 0.05) is 18.9 Å². The van der Waals surface area contributed by atoms with Crippen molar-refractivity contribution in [1.82, 2.24) is 0 Å². The van der Waals surface area contributed by atoms with E-state index in [4.69, 9.17) is 18.9 Å². The van der Waals surface area contributed by atoms with E-state index < -0.39 is 48.2 Å². The number of epoxide rings is 1. The normalized spacial score (nSPS) is 32.8. The van der Waals surface area contributed by atoms with Gasteiger partial charge >= 0.3 is 17.9 Å². The molecule has 0 aromatic heterocycles. The van der Waals surface area contributed by atoms with Gasteiger partial charge < -0.3 is 29.2 Å². The highest BCUT2D eigenvalue weighted by atomic mass is 16.6. The lowest BCUT2D eigenvalue weighted by atomic mass is 9.82. The van der Waals surface area contributed by atoms with Crippen LogP contribution in [0.3, 0.4) is 0 Å². The fourth-order valence-electron chi connectivity index (χ4n) is 3.97. The van der Waals surface area contributed by atoms with Gasteiger partial charge in [-0.3, -0.25) is 4.79 Å². The fraction of sp³-hybridized carbons (Fsp3) is 0.571. The molecule has 0 aromatic carbocycles. The van der Waals surface area contributed by atoms with Crippen LogP contribution in [0.15, 0.2) is 36.0 Å². The molecule has 2 saturated heterocycles. The molecule has 30 heavy (non-hydrogen) atoms. The zero-order valence-corrected chi connectivity index (χ0v) is 16.8. The molecule has 1 aliphatic carbocycles. The minimum absolute atomic E-state index is 0.0428. The zero-order chi connectivity index (χ0) is 22.1. The summed E-state index contributed by atoms with van der Waals surface area (Å²) >= 11 is 0. The molecule has 0 amide bonds. The lowest BCUT2D eigenvalue weighted by molar-refractivity contribution is -0.151. The monoisotopic (exact) mass is 422 g/mol. The number of aliphatic hydroxyl groups excluding tert-OH is 2. The minimum Gasteiger partial charge on any atom is -0.463 e. The summed E-state index contributed by atoms with van der Waals surface area (Å²) in [4.78, 5) is 36.0. The van der Waals surface area contributed by atoms with Gasteiger partial charge in [-0.05, 0) is 24.5 Å². The highest BCUT2D eigenvalue weighted by molar-refractivity contribution is 5.92. The summed E-state index contributed by atoms with van der Waals surface area (Å²) in [6.45, 7) is 7.70. The Morgan fingerprint density at radius 2 is 2.10 bits per heavy atom. The third-order valence-corrected chi connectivity index (χ3v) is 5.70. The number of aliphatic hydroxyl groups is 2. The molecule has 2 fully saturated rings. The number of ether oxygens (including phenoxy) is 4. The topological polar surface area (TPSA) is 132 Å². The zero-order valence-electron chi connectivity index (χ0n) is 16.8. The molecule has 0 bridgehead atoms. The van der Waals surface area contributed by atoms with Crippen LogP contribution < -0.4 is 0 Å². The molecule has 2 heterocycles. The standard InChI is InChI=1S/C21H26O9/c1-11(8-22)19(25)29-16-7-21(10-27-13(3)24)17(30-21)5-4-14(9-23)6-15-18(16)12(2)20(26)28-15/h6,15-18,22-23H,1-2,4-5,7-10H2,3H3. The molecule has 3 aliphatic rings. The van der Waals surface area contributed by atoms with Gasteiger partial charge in [0.25, 0.3) is 0 Å². The second kappa shape index (κ2) is 8.71. The fourth-order valence-corrected chi connectivity index (χ4v) is 3.97. The van der Waals surface area contributed by atoms with Crippen molar-refractivity contribution >= 4 is 17.9 Å². The molecule has 2 aliphatic heterocycles. The Bertz CT molecular complexity index is 798. The summed E-state index contributed by atoms with van der Waals surface area (Å²) in [7, 11) is 0. The van der Waals surface area contributed by atoms with Gasteiger partial charge in [-0.15, -0.1) is 0 Å². The summed E-state index contributed by atoms with van der Waals surface area (Å²) in [5.74, 6) is -2.65. The third-order valence-electron chi connectivity index (χ3n) is 5.70. The van der Waals surface area contributed by atoms with Gasteiger partial charge in [-0.25, -0.2) is 9.59 Å². The predicted molar refractivity (Wildman–Crippen MR) is 102 cm³/mol. The van der Waals surface area contributed by atoms with Crippen molar-refractivity contribution in [1.29, 1.82) is 0 Å². The minimum atomic E-state index is -0.917. The smallest absolute Gasteiger partial charge is 0.336 e. The molecule has 9 nitrogen and oxygen atoms in total. The molecule has 5 atom stereocenters. The first-order valence-electron chi connectivity index (χ1n) is 9.71. The summed E-state index contributed by atoms with van der Waals surface area (Å²) < 4.78 is 22.1. The SMILES string of the molecule is C=C(CO)C(=O)OC1CC2(COC(C)=O)OC2CCC(CO)=CC2OC(=O)C(=C)C21. The molecule has 9 heteroatoms. The van der Waals surface area contributed by atoms with Gasteiger partial charge in [0.15, 0.2) is 0 Å². The molecule has 5 unspecified atom stereocenters. The summed E-state index contributed by atoms with van der Waals surface area (Å²) in [5.41, 5.74) is -0.267. The molecular weight excluding hydrogens is 396 g/mol. The Morgan fingerprint density at radius 1 is 1.37 bits per heavy atom. The first kappa shape index (κ1) is 22.2. The number of hydrogen-bond acceptors (Lipinski definition) is 9. The first-order valence-corrected chi connectivity index (χ1v) is 9.71. The molecule has 0 saturated carbocycles. The summed E-state index contributed by atoms with van der Waals surface area (Å²) in [6.07, 6.45) is 0.856. The van der Waals surface area contributed by atoms with Crippen molar-refractivity contribution in [3.8, 4) is 0 Å². The van der Waals surface area contributed by atoms with Crippen molar-refractivity contribution in [3.63, 3.8) is 0 Å². The van der Waals surface area contributed by atoms with Crippen molar-refractivity contribution in [3.05, 3.63) is 36.0 Å². The largest absolute Gasteiger partial charge is 0.463 e. The van der Waals surface area contributed by atoms with Crippen LogP contribution in [-0.4, -0.2) is 71.9 Å². The Balaban J connectivity index is 1.97. The van der Waals surface area contributed by atoms with Crippen molar-refractivity contribution in [2.75, 3.05) is 19.8 Å². The van der Waals surface area contributed by atoms with E-state index in [1.807, 2.05) is 0 Å². The Labute approximate surface area is 173 Å². The Kier molecular flexibility index (Phi) is 6.44. The predicted octanol–water partition coefficient (Wildman–Crippen LogP) is 0.348. The molecule has 3 rings (SSSR count). The molecule has 0 aromatic rings. The van der Waals surface area contributed by atoms with Gasteiger partial charge in [0.1, 0.15) is 24.4 Å². The molecule has 0 radical (unpaired) electrons. The van der Waals surface area contributed by atoms with Crippen LogP contribution in [0, 0.1) is 5.92 Å². The Hall–Kier alpha value is -2.49. The maximum absolute atomic E-state index is 12.4. The maximum atomic E-state index is 12.4. The van der Waals surface area contributed by atoms with Gasteiger partial charge in [-0.2, -0.15) is 0 Å². The second-order valence-electron chi connectivity index (χ2n) is 7.80. The average Bonchev–Trinajstić information content (AvgIpc) is 3.32.